The molecule has 1 aromatic carbocycles. The van der Waals surface area contributed by atoms with Crippen LogP contribution in [-0.4, -0.2) is 17.8 Å². The lowest BCUT2D eigenvalue weighted by Crippen LogP contribution is -2.07. The summed E-state index contributed by atoms with van der Waals surface area (Å²) in [6, 6.07) is 6.77. The number of allylic oxidation sites excluding steroid dienone is 1. The van der Waals surface area contributed by atoms with Crippen molar-refractivity contribution in [3.8, 4) is 5.75 Å². The first-order chi connectivity index (χ1) is 7.56. The molecule has 0 amide bonds. The highest BCUT2D eigenvalue weighted by atomic mass is 16.6. The normalized spacial score (nSPS) is 11.0. The van der Waals surface area contributed by atoms with Crippen molar-refractivity contribution in [3.05, 3.63) is 45.6 Å². The number of hydrogen-bond donors (Lipinski definition) is 0. The third-order valence-electron chi connectivity index (χ3n) is 1.99. The number of nitrogens with zero attached hydrogens (tertiary/aromatic N) is 1. The number of methoxy groups -OCH3 is 1. The van der Waals surface area contributed by atoms with Crippen molar-refractivity contribution in [2.75, 3.05) is 7.11 Å². The monoisotopic (exact) mass is 221 g/mol. The number of benzene rings is 1. The van der Waals surface area contributed by atoms with Gasteiger partial charge in [0.25, 0.3) is 0 Å². The van der Waals surface area contributed by atoms with E-state index in [2.05, 4.69) is 0 Å². The van der Waals surface area contributed by atoms with Crippen LogP contribution in [0.5, 0.6) is 5.75 Å². The van der Waals surface area contributed by atoms with E-state index in [9.17, 15) is 14.9 Å². The highest BCUT2D eigenvalue weighted by Gasteiger charge is 2.17. The fourth-order valence-electron chi connectivity index (χ4n) is 1.22. The molecular weight excluding hydrogens is 210 g/mol. The molecule has 0 saturated heterocycles. The van der Waals surface area contributed by atoms with Gasteiger partial charge in [-0.15, -0.1) is 0 Å². The summed E-state index contributed by atoms with van der Waals surface area (Å²) in [5, 5.41) is 10.6. The number of ether oxygens (including phenoxy) is 1. The van der Waals surface area contributed by atoms with Crippen LogP contribution in [0.1, 0.15) is 12.5 Å². The van der Waals surface area contributed by atoms with E-state index < -0.39 is 16.4 Å². The molecule has 1 rings (SSSR count). The van der Waals surface area contributed by atoms with Gasteiger partial charge in [0.15, 0.2) is 0 Å². The van der Waals surface area contributed by atoms with Crippen LogP contribution >= 0.6 is 0 Å². The minimum Gasteiger partial charge on any atom is -0.496 e. The summed E-state index contributed by atoms with van der Waals surface area (Å²) >= 11 is 0. The fraction of sp³-hybridized carbons (Fsp3) is 0.182. The Morgan fingerprint density at radius 3 is 2.56 bits per heavy atom. The van der Waals surface area contributed by atoms with E-state index in [0.717, 1.165) is 6.92 Å². The number of nitro groups is 1. The third-order valence-corrected chi connectivity index (χ3v) is 1.99. The van der Waals surface area contributed by atoms with Gasteiger partial charge < -0.3 is 4.74 Å². The first kappa shape index (κ1) is 11.9. The van der Waals surface area contributed by atoms with Crippen LogP contribution in [0.4, 0.5) is 0 Å². The van der Waals surface area contributed by atoms with Crippen molar-refractivity contribution in [1.29, 1.82) is 0 Å². The minimum atomic E-state index is -0.700. The topological polar surface area (TPSA) is 69.4 Å². The summed E-state index contributed by atoms with van der Waals surface area (Å²) in [7, 11) is 1.46. The molecule has 16 heavy (non-hydrogen) atoms. The minimum absolute atomic E-state index is 0.454. The highest BCUT2D eigenvalue weighted by Crippen LogP contribution is 2.20. The van der Waals surface area contributed by atoms with Crippen molar-refractivity contribution in [3.63, 3.8) is 0 Å². The molecule has 0 aliphatic carbocycles. The number of Topliss-reactive ketones (excluding diaryl/α,β-unsaturated/α-hetero) is 1. The summed E-state index contributed by atoms with van der Waals surface area (Å²) in [4.78, 5) is 21.0. The van der Waals surface area contributed by atoms with Gasteiger partial charge in [0.1, 0.15) is 5.75 Å². The van der Waals surface area contributed by atoms with E-state index in [0.29, 0.717) is 11.3 Å². The number of rotatable bonds is 4. The second kappa shape index (κ2) is 5.06. The lowest BCUT2D eigenvalue weighted by molar-refractivity contribution is -0.417. The van der Waals surface area contributed by atoms with E-state index in [4.69, 9.17) is 4.74 Å². The number of carbonyl (C=O) groups is 1. The van der Waals surface area contributed by atoms with Gasteiger partial charge in [-0.2, -0.15) is 0 Å². The van der Waals surface area contributed by atoms with Gasteiger partial charge in [0.05, 0.1) is 12.0 Å². The number of ketones is 1. The summed E-state index contributed by atoms with van der Waals surface area (Å²) in [5.74, 6) is -0.0981. The first-order valence-electron chi connectivity index (χ1n) is 4.56. The molecule has 0 N–H and O–H groups in total. The molecule has 0 atom stereocenters. The predicted octanol–water partition coefficient (Wildman–Crippen LogP) is 1.90. The summed E-state index contributed by atoms with van der Waals surface area (Å²) in [6.07, 6.45) is 1.21. The first-order valence-corrected chi connectivity index (χ1v) is 4.56. The predicted molar refractivity (Wildman–Crippen MR) is 58.6 cm³/mol. The van der Waals surface area contributed by atoms with Crippen molar-refractivity contribution in [1.82, 2.24) is 0 Å². The molecule has 5 nitrogen and oxygen atoms in total. The Hall–Kier alpha value is -2.17. The summed E-state index contributed by atoms with van der Waals surface area (Å²) < 4.78 is 5.03. The molecule has 0 radical (unpaired) electrons. The smallest absolute Gasteiger partial charge is 0.312 e. The zero-order valence-corrected chi connectivity index (χ0v) is 8.97. The Morgan fingerprint density at radius 1 is 1.44 bits per heavy atom. The molecule has 0 aromatic heterocycles. The van der Waals surface area contributed by atoms with Gasteiger partial charge in [-0.1, -0.05) is 18.2 Å². The van der Waals surface area contributed by atoms with Gasteiger partial charge >= 0.3 is 5.70 Å². The molecule has 0 spiro atoms. The van der Waals surface area contributed by atoms with Crippen LogP contribution in [0.15, 0.2) is 30.0 Å². The molecule has 0 bridgehead atoms. The van der Waals surface area contributed by atoms with E-state index >= 15 is 0 Å². The number of para-hydroxylation sites is 1. The zero-order chi connectivity index (χ0) is 12.1. The standard InChI is InChI=1S/C11H11NO4/c1-8(13)10(12(14)15)7-9-5-3-4-6-11(9)16-2/h3-7H,1-2H3. The van der Waals surface area contributed by atoms with Crippen LogP contribution in [-0.2, 0) is 4.79 Å². The molecule has 0 unspecified atom stereocenters. The van der Waals surface area contributed by atoms with Crippen molar-refractivity contribution >= 4 is 11.9 Å². The SMILES string of the molecule is COc1ccccc1C=C(C(C)=O)[N+](=O)[O-]. The van der Waals surface area contributed by atoms with E-state index in [-0.39, 0.29) is 0 Å². The molecule has 0 fully saturated rings. The van der Waals surface area contributed by atoms with E-state index in [1.807, 2.05) is 0 Å². The Bertz CT molecular complexity index is 435. The van der Waals surface area contributed by atoms with Gasteiger partial charge in [0, 0.05) is 18.6 Å². The fourth-order valence-corrected chi connectivity index (χ4v) is 1.22. The average molecular weight is 221 g/mol. The lowest BCUT2D eigenvalue weighted by atomic mass is 10.1. The largest absolute Gasteiger partial charge is 0.496 e. The summed E-state index contributed by atoms with van der Waals surface area (Å²) in [5.41, 5.74) is 0.0522. The van der Waals surface area contributed by atoms with Gasteiger partial charge in [0.2, 0.25) is 5.78 Å². The zero-order valence-electron chi connectivity index (χ0n) is 8.97. The van der Waals surface area contributed by atoms with Crippen molar-refractivity contribution in [2.45, 2.75) is 6.92 Å². The Balaban J connectivity index is 3.23. The van der Waals surface area contributed by atoms with Gasteiger partial charge in [-0.25, -0.2) is 0 Å². The second-order valence-corrected chi connectivity index (χ2v) is 3.08. The highest BCUT2D eigenvalue weighted by molar-refractivity contribution is 5.95. The van der Waals surface area contributed by atoms with Crippen LogP contribution < -0.4 is 4.74 Å². The molecule has 5 heteroatoms. The van der Waals surface area contributed by atoms with Gasteiger partial charge in [-0.3, -0.25) is 14.9 Å². The number of carbonyl (C=O) groups excluding carboxylic acids is 1. The maximum absolute atomic E-state index is 11.0. The quantitative estimate of drug-likeness (QED) is 0.442. The lowest BCUT2D eigenvalue weighted by Gasteiger charge is -2.03. The van der Waals surface area contributed by atoms with Crippen LogP contribution in [0, 0.1) is 10.1 Å². The van der Waals surface area contributed by atoms with Gasteiger partial charge in [-0.05, 0) is 6.07 Å². The molecule has 1 aromatic rings. The summed E-state index contributed by atoms with van der Waals surface area (Å²) in [6.45, 7) is 1.16. The third kappa shape index (κ3) is 2.66. The van der Waals surface area contributed by atoms with Crippen LogP contribution in [0.25, 0.3) is 6.08 Å². The van der Waals surface area contributed by atoms with Crippen LogP contribution in [0.2, 0.25) is 0 Å². The Kier molecular flexibility index (Phi) is 3.77. The average Bonchev–Trinajstić information content (AvgIpc) is 2.25. The molecule has 0 aliphatic rings. The second-order valence-electron chi connectivity index (χ2n) is 3.08. The van der Waals surface area contributed by atoms with Crippen LogP contribution in [0.3, 0.4) is 0 Å². The van der Waals surface area contributed by atoms with E-state index in [1.165, 1.54) is 13.2 Å². The molecule has 0 heterocycles. The van der Waals surface area contributed by atoms with E-state index in [1.54, 1.807) is 24.3 Å². The van der Waals surface area contributed by atoms with Crippen molar-refractivity contribution in [2.24, 2.45) is 0 Å². The Labute approximate surface area is 92.5 Å². The maximum atomic E-state index is 11.0. The molecule has 0 saturated carbocycles. The molecular formula is C11H11NO4. The Morgan fingerprint density at radius 2 is 2.06 bits per heavy atom. The number of hydrogen-bond acceptors (Lipinski definition) is 4. The molecule has 0 aliphatic heterocycles. The van der Waals surface area contributed by atoms with Crippen molar-refractivity contribution < 1.29 is 14.5 Å². The molecule has 84 valence electrons. The maximum Gasteiger partial charge on any atom is 0.312 e.